The highest BCUT2D eigenvalue weighted by atomic mass is 79.9. The minimum atomic E-state index is -0.300. The van der Waals surface area contributed by atoms with Gasteiger partial charge in [-0.25, -0.2) is 4.98 Å². The summed E-state index contributed by atoms with van der Waals surface area (Å²) in [6, 6.07) is 1.82. The smallest absolute Gasteiger partial charge is 0.257 e. The van der Waals surface area contributed by atoms with E-state index in [-0.39, 0.29) is 11.5 Å². The Balaban J connectivity index is 2.26. The summed E-state index contributed by atoms with van der Waals surface area (Å²) in [5, 5.41) is 3.13. The third-order valence-electron chi connectivity index (χ3n) is 3.14. The Kier molecular flexibility index (Phi) is 4.65. The van der Waals surface area contributed by atoms with E-state index in [9.17, 15) is 4.79 Å². The summed E-state index contributed by atoms with van der Waals surface area (Å²) < 4.78 is 6.45. The number of hydrogen-bond acceptors (Lipinski definition) is 4. The number of hydrogen-bond donors (Lipinski definition) is 1. The van der Waals surface area contributed by atoms with Crippen LogP contribution in [0.4, 0.5) is 5.82 Å². The molecule has 1 aliphatic heterocycles. The van der Waals surface area contributed by atoms with Crippen LogP contribution in [-0.2, 0) is 4.74 Å². The zero-order valence-corrected chi connectivity index (χ0v) is 13.7. The van der Waals surface area contributed by atoms with Crippen LogP contribution in [0.1, 0.15) is 31.1 Å². The molecule has 0 spiro atoms. The van der Waals surface area contributed by atoms with E-state index >= 15 is 0 Å². The van der Waals surface area contributed by atoms with Gasteiger partial charge in [-0.15, -0.1) is 0 Å². The highest BCUT2D eigenvalue weighted by Crippen LogP contribution is 2.23. The number of carbonyl (C=O) groups excluding carboxylic acids is 1. The van der Waals surface area contributed by atoms with Gasteiger partial charge in [0.25, 0.3) is 5.91 Å². The van der Waals surface area contributed by atoms with E-state index in [4.69, 9.17) is 4.74 Å². The van der Waals surface area contributed by atoms with Crippen molar-refractivity contribution in [3.05, 3.63) is 22.3 Å². The van der Waals surface area contributed by atoms with Gasteiger partial charge in [-0.05, 0) is 42.8 Å². The van der Waals surface area contributed by atoms with Crippen molar-refractivity contribution >= 4 is 27.7 Å². The molecule has 110 valence electrons. The highest BCUT2D eigenvalue weighted by molar-refractivity contribution is 9.10. The number of halogens is 1. The summed E-state index contributed by atoms with van der Waals surface area (Å²) >= 11 is 3.38. The number of amides is 1. The number of ether oxygens (including phenoxy) is 1. The molecule has 0 radical (unpaired) electrons. The van der Waals surface area contributed by atoms with Crippen LogP contribution in [0.25, 0.3) is 0 Å². The molecule has 1 aliphatic rings. The molecular weight excluding hydrogens is 322 g/mol. The zero-order chi connectivity index (χ0) is 14.8. The number of morpholine rings is 1. The fourth-order valence-electron chi connectivity index (χ4n) is 2.27. The topological polar surface area (TPSA) is 54.5 Å². The molecule has 5 nitrogen and oxygen atoms in total. The maximum absolute atomic E-state index is 12.7. The number of pyridine rings is 1. The number of aromatic nitrogens is 1. The normalized spacial score (nSPS) is 17.9. The lowest BCUT2D eigenvalue weighted by atomic mass is 10.1. The highest BCUT2D eigenvalue weighted by Gasteiger charge is 2.31. The summed E-state index contributed by atoms with van der Waals surface area (Å²) in [6.07, 6.45) is 1.69. The van der Waals surface area contributed by atoms with Crippen LogP contribution in [0, 0.1) is 0 Å². The molecule has 0 aliphatic carbocycles. The first-order valence-corrected chi connectivity index (χ1v) is 7.55. The van der Waals surface area contributed by atoms with Crippen LogP contribution in [0.2, 0.25) is 0 Å². The van der Waals surface area contributed by atoms with Gasteiger partial charge in [-0.2, -0.15) is 0 Å². The van der Waals surface area contributed by atoms with E-state index in [0.717, 1.165) is 11.0 Å². The van der Waals surface area contributed by atoms with Crippen LogP contribution in [-0.4, -0.2) is 47.6 Å². The molecule has 6 heteroatoms. The van der Waals surface area contributed by atoms with Gasteiger partial charge in [-0.1, -0.05) is 0 Å². The monoisotopic (exact) mass is 341 g/mol. The molecule has 1 fully saturated rings. The maximum atomic E-state index is 12.7. The van der Waals surface area contributed by atoms with Crippen molar-refractivity contribution in [1.29, 1.82) is 0 Å². The molecule has 1 saturated heterocycles. The lowest BCUT2D eigenvalue weighted by molar-refractivity contribution is -0.0763. The molecule has 1 aromatic rings. The quantitative estimate of drug-likeness (QED) is 0.917. The lowest BCUT2D eigenvalue weighted by Crippen LogP contribution is -2.50. The Morgan fingerprint density at radius 2 is 2.35 bits per heavy atom. The third-order valence-corrected chi connectivity index (χ3v) is 3.58. The van der Waals surface area contributed by atoms with E-state index < -0.39 is 0 Å². The van der Waals surface area contributed by atoms with Gasteiger partial charge < -0.3 is 15.0 Å². The minimum Gasteiger partial charge on any atom is -0.372 e. The molecule has 0 atom stereocenters. The van der Waals surface area contributed by atoms with Crippen LogP contribution >= 0.6 is 15.9 Å². The van der Waals surface area contributed by atoms with E-state index in [1.54, 1.807) is 6.20 Å². The van der Waals surface area contributed by atoms with Gasteiger partial charge >= 0.3 is 0 Å². The fourth-order valence-corrected chi connectivity index (χ4v) is 2.60. The molecule has 0 aromatic carbocycles. The number of anilines is 1. The van der Waals surface area contributed by atoms with E-state index in [1.807, 2.05) is 31.7 Å². The first kappa shape index (κ1) is 15.3. The van der Waals surface area contributed by atoms with Gasteiger partial charge in [0, 0.05) is 30.3 Å². The Labute approximate surface area is 127 Å². The molecule has 1 aromatic heterocycles. The van der Waals surface area contributed by atoms with Crippen LogP contribution in [0.5, 0.6) is 0 Å². The predicted octanol–water partition coefficient (Wildman–Crippen LogP) is 2.53. The van der Waals surface area contributed by atoms with Crippen LogP contribution < -0.4 is 5.32 Å². The number of nitrogens with one attached hydrogen (secondary N) is 1. The van der Waals surface area contributed by atoms with E-state index in [0.29, 0.717) is 31.1 Å². The molecule has 1 amide bonds. The fraction of sp³-hybridized carbons (Fsp3) is 0.571. The first-order valence-electron chi connectivity index (χ1n) is 6.75. The van der Waals surface area contributed by atoms with Gasteiger partial charge in [-0.3, -0.25) is 4.79 Å². The molecular formula is C14H20BrN3O2. The van der Waals surface area contributed by atoms with Gasteiger partial charge in [0.05, 0.1) is 17.8 Å². The molecule has 0 unspecified atom stereocenters. The van der Waals surface area contributed by atoms with Crippen molar-refractivity contribution in [2.75, 3.05) is 31.6 Å². The zero-order valence-electron chi connectivity index (χ0n) is 12.1. The summed E-state index contributed by atoms with van der Waals surface area (Å²) in [4.78, 5) is 18.8. The Morgan fingerprint density at radius 3 is 3.00 bits per heavy atom. The summed E-state index contributed by atoms with van der Waals surface area (Å²) in [6.45, 7) is 8.47. The van der Waals surface area contributed by atoms with Crippen LogP contribution in [0.15, 0.2) is 16.7 Å². The molecule has 20 heavy (non-hydrogen) atoms. The predicted molar refractivity (Wildman–Crippen MR) is 82.0 cm³/mol. The van der Waals surface area contributed by atoms with E-state index in [1.165, 1.54) is 0 Å². The second kappa shape index (κ2) is 6.10. The average molecular weight is 342 g/mol. The Hall–Kier alpha value is -1.14. The lowest BCUT2D eigenvalue weighted by Gasteiger charge is -2.38. The summed E-state index contributed by atoms with van der Waals surface area (Å²) in [5.74, 6) is 0.621. The molecule has 0 bridgehead atoms. The minimum absolute atomic E-state index is 0.00822. The Morgan fingerprint density at radius 1 is 1.60 bits per heavy atom. The second-order valence-electron chi connectivity index (χ2n) is 5.41. The van der Waals surface area contributed by atoms with E-state index in [2.05, 4.69) is 26.2 Å². The van der Waals surface area contributed by atoms with Crippen molar-refractivity contribution in [2.24, 2.45) is 0 Å². The second-order valence-corrected chi connectivity index (χ2v) is 6.33. The number of rotatable bonds is 3. The summed E-state index contributed by atoms with van der Waals surface area (Å²) in [7, 11) is 0. The Bertz CT molecular complexity index is 505. The van der Waals surface area contributed by atoms with Gasteiger partial charge in [0.1, 0.15) is 5.82 Å². The molecule has 1 N–H and O–H groups in total. The van der Waals surface area contributed by atoms with Crippen molar-refractivity contribution in [2.45, 2.75) is 26.4 Å². The number of nitrogens with zero attached hydrogens (tertiary/aromatic N) is 2. The third kappa shape index (κ3) is 3.49. The standard InChI is InChI=1S/C14H20BrN3O2/c1-4-16-12-11(7-10(15)8-17-12)13(19)18-5-6-20-14(2,3)9-18/h7-8H,4-6,9H2,1-3H3,(H,16,17). The first-order chi connectivity index (χ1) is 9.43. The average Bonchev–Trinajstić information content (AvgIpc) is 2.39. The maximum Gasteiger partial charge on any atom is 0.257 e. The van der Waals surface area contributed by atoms with Crippen molar-refractivity contribution < 1.29 is 9.53 Å². The van der Waals surface area contributed by atoms with Crippen molar-refractivity contribution in [1.82, 2.24) is 9.88 Å². The van der Waals surface area contributed by atoms with Gasteiger partial charge in [0.15, 0.2) is 0 Å². The molecule has 0 saturated carbocycles. The van der Waals surface area contributed by atoms with Crippen LogP contribution in [0.3, 0.4) is 0 Å². The summed E-state index contributed by atoms with van der Waals surface area (Å²) in [5.41, 5.74) is 0.296. The van der Waals surface area contributed by atoms with Gasteiger partial charge in [0.2, 0.25) is 0 Å². The van der Waals surface area contributed by atoms with Crippen molar-refractivity contribution in [3.63, 3.8) is 0 Å². The molecule has 2 heterocycles. The van der Waals surface area contributed by atoms with Crippen molar-refractivity contribution in [3.8, 4) is 0 Å². The molecule has 2 rings (SSSR count). The largest absolute Gasteiger partial charge is 0.372 e. The number of carbonyl (C=O) groups is 1. The SMILES string of the molecule is CCNc1ncc(Br)cc1C(=O)N1CCOC(C)(C)C1.